The highest BCUT2D eigenvalue weighted by Gasteiger charge is 2.24. The van der Waals surface area contributed by atoms with Crippen LogP contribution in [0.3, 0.4) is 0 Å². The Morgan fingerprint density at radius 3 is 3.00 bits per heavy atom. The number of nitrogens with zero attached hydrogens (tertiary/aromatic N) is 2. The summed E-state index contributed by atoms with van der Waals surface area (Å²) >= 11 is 0. The van der Waals surface area contributed by atoms with E-state index in [1.807, 2.05) is 12.1 Å². The smallest absolute Gasteiger partial charge is 0.257 e. The van der Waals surface area contributed by atoms with Crippen molar-refractivity contribution in [2.24, 2.45) is 0 Å². The number of hydrogen-bond donors (Lipinski definition) is 0. The summed E-state index contributed by atoms with van der Waals surface area (Å²) in [5.41, 5.74) is 3.02. The molecule has 0 atom stereocenters. The highest BCUT2D eigenvalue weighted by molar-refractivity contribution is 5.94. The molecule has 2 aromatic rings. The Labute approximate surface area is 117 Å². The Balaban J connectivity index is 1.86. The molecule has 0 bridgehead atoms. The summed E-state index contributed by atoms with van der Waals surface area (Å²) in [6.07, 6.45) is 2.48. The standard InChI is InChI=1S/C16H15FN2O/c1-11-4-5-13(14(17)9-11)16(20)19-8-6-15-12(10-19)3-2-7-18-15/h2-5,7,9H,6,8,10H2,1H3. The number of hydrogen-bond acceptors (Lipinski definition) is 2. The van der Waals surface area contributed by atoms with Crippen LogP contribution in [-0.2, 0) is 13.0 Å². The molecule has 0 fully saturated rings. The quantitative estimate of drug-likeness (QED) is 0.798. The number of carbonyl (C=O) groups excluding carboxylic acids is 1. The van der Waals surface area contributed by atoms with Crippen LogP contribution in [0.2, 0.25) is 0 Å². The van der Waals surface area contributed by atoms with Crippen LogP contribution in [0.5, 0.6) is 0 Å². The molecule has 1 amide bonds. The van der Waals surface area contributed by atoms with Crippen LogP contribution in [-0.4, -0.2) is 22.3 Å². The minimum atomic E-state index is -0.452. The minimum Gasteiger partial charge on any atom is -0.334 e. The Hall–Kier alpha value is -2.23. The second-order valence-electron chi connectivity index (χ2n) is 5.07. The number of halogens is 1. The lowest BCUT2D eigenvalue weighted by atomic mass is 10.0. The number of aromatic nitrogens is 1. The fourth-order valence-corrected chi connectivity index (χ4v) is 2.50. The van der Waals surface area contributed by atoms with Crippen LogP contribution in [0, 0.1) is 12.7 Å². The molecule has 0 N–H and O–H groups in total. The van der Waals surface area contributed by atoms with Crippen molar-refractivity contribution in [2.75, 3.05) is 6.54 Å². The van der Waals surface area contributed by atoms with Gasteiger partial charge in [-0.1, -0.05) is 12.1 Å². The van der Waals surface area contributed by atoms with Gasteiger partial charge in [0.05, 0.1) is 5.56 Å². The molecule has 0 saturated heterocycles. The molecule has 1 aliphatic heterocycles. The van der Waals surface area contributed by atoms with E-state index in [4.69, 9.17) is 0 Å². The van der Waals surface area contributed by atoms with Gasteiger partial charge in [0.1, 0.15) is 5.82 Å². The van der Waals surface area contributed by atoms with Gasteiger partial charge < -0.3 is 4.90 Å². The van der Waals surface area contributed by atoms with Gasteiger partial charge in [0.2, 0.25) is 0 Å². The van der Waals surface area contributed by atoms with Crippen molar-refractivity contribution in [1.82, 2.24) is 9.88 Å². The van der Waals surface area contributed by atoms with E-state index in [0.29, 0.717) is 13.1 Å². The average Bonchev–Trinajstić information content (AvgIpc) is 2.46. The van der Waals surface area contributed by atoms with E-state index in [0.717, 1.165) is 23.2 Å². The fraction of sp³-hybridized carbons (Fsp3) is 0.250. The van der Waals surface area contributed by atoms with Crippen molar-refractivity contribution < 1.29 is 9.18 Å². The Morgan fingerprint density at radius 1 is 1.35 bits per heavy atom. The molecule has 20 heavy (non-hydrogen) atoms. The molecule has 1 aliphatic rings. The monoisotopic (exact) mass is 270 g/mol. The first-order valence-electron chi connectivity index (χ1n) is 6.63. The number of carbonyl (C=O) groups is 1. The molecule has 4 heteroatoms. The van der Waals surface area contributed by atoms with Crippen LogP contribution in [0.15, 0.2) is 36.5 Å². The van der Waals surface area contributed by atoms with Crippen molar-refractivity contribution in [1.29, 1.82) is 0 Å². The number of pyridine rings is 1. The summed E-state index contributed by atoms with van der Waals surface area (Å²) in [4.78, 5) is 18.4. The van der Waals surface area contributed by atoms with E-state index in [2.05, 4.69) is 4.98 Å². The molecule has 0 radical (unpaired) electrons. The van der Waals surface area contributed by atoms with E-state index < -0.39 is 5.82 Å². The van der Waals surface area contributed by atoms with Gasteiger partial charge in [-0.05, 0) is 36.2 Å². The SMILES string of the molecule is Cc1ccc(C(=O)N2CCc3ncccc3C2)c(F)c1. The third kappa shape index (κ3) is 2.29. The van der Waals surface area contributed by atoms with E-state index in [-0.39, 0.29) is 11.5 Å². The number of amides is 1. The lowest BCUT2D eigenvalue weighted by Crippen LogP contribution is -2.36. The maximum absolute atomic E-state index is 13.9. The number of fused-ring (bicyclic) bond motifs is 1. The fourth-order valence-electron chi connectivity index (χ4n) is 2.50. The van der Waals surface area contributed by atoms with Gasteiger partial charge in [0.25, 0.3) is 5.91 Å². The van der Waals surface area contributed by atoms with Gasteiger partial charge in [-0.15, -0.1) is 0 Å². The molecule has 102 valence electrons. The first-order valence-corrected chi connectivity index (χ1v) is 6.63. The van der Waals surface area contributed by atoms with Crippen molar-refractivity contribution in [3.63, 3.8) is 0 Å². The zero-order chi connectivity index (χ0) is 14.1. The molecule has 1 aromatic heterocycles. The summed E-state index contributed by atoms with van der Waals surface area (Å²) in [7, 11) is 0. The predicted molar refractivity (Wildman–Crippen MR) is 73.8 cm³/mol. The van der Waals surface area contributed by atoms with Crippen molar-refractivity contribution in [3.05, 3.63) is 64.7 Å². The summed E-state index contributed by atoms with van der Waals surface area (Å²) in [5.74, 6) is -0.705. The summed E-state index contributed by atoms with van der Waals surface area (Å²) < 4.78 is 13.9. The predicted octanol–water partition coefficient (Wildman–Crippen LogP) is 2.73. The molecular weight excluding hydrogens is 255 g/mol. The topological polar surface area (TPSA) is 33.2 Å². The highest BCUT2D eigenvalue weighted by atomic mass is 19.1. The Bertz CT molecular complexity index is 669. The summed E-state index contributed by atoms with van der Waals surface area (Å²) in [5, 5.41) is 0. The van der Waals surface area contributed by atoms with Crippen molar-refractivity contribution >= 4 is 5.91 Å². The number of rotatable bonds is 1. The van der Waals surface area contributed by atoms with Gasteiger partial charge in [0, 0.05) is 31.4 Å². The molecule has 2 heterocycles. The van der Waals surface area contributed by atoms with Gasteiger partial charge in [0.15, 0.2) is 0 Å². The average molecular weight is 270 g/mol. The van der Waals surface area contributed by atoms with E-state index >= 15 is 0 Å². The van der Waals surface area contributed by atoms with Gasteiger partial charge in [-0.3, -0.25) is 9.78 Å². The molecular formula is C16H15FN2O. The maximum Gasteiger partial charge on any atom is 0.257 e. The van der Waals surface area contributed by atoms with Crippen LogP contribution in [0.25, 0.3) is 0 Å². The first kappa shape index (κ1) is 12.8. The molecule has 3 rings (SSSR count). The molecule has 0 saturated carbocycles. The molecule has 1 aromatic carbocycles. The van der Waals surface area contributed by atoms with Crippen molar-refractivity contribution in [3.8, 4) is 0 Å². The molecule has 0 aliphatic carbocycles. The zero-order valence-electron chi connectivity index (χ0n) is 11.3. The lowest BCUT2D eigenvalue weighted by molar-refractivity contribution is 0.0729. The number of aryl methyl sites for hydroxylation is 1. The van der Waals surface area contributed by atoms with Crippen LogP contribution >= 0.6 is 0 Å². The van der Waals surface area contributed by atoms with Crippen LogP contribution < -0.4 is 0 Å². The maximum atomic E-state index is 13.9. The van der Waals surface area contributed by atoms with E-state index in [1.54, 1.807) is 30.2 Å². The highest BCUT2D eigenvalue weighted by Crippen LogP contribution is 2.20. The zero-order valence-corrected chi connectivity index (χ0v) is 11.3. The third-order valence-electron chi connectivity index (χ3n) is 3.61. The van der Waals surface area contributed by atoms with Gasteiger partial charge in [-0.2, -0.15) is 0 Å². The largest absolute Gasteiger partial charge is 0.334 e. The summed E-state index contributed by atoms with van der Waals surface area (Å²) in [6, 6.07) is 8.54. The van der Waals surface area contributed by atoms with Crippen LogP contribution in [0.1, 0.15) is 27.2 Å². The normalized spacial score (nSPS) is 14.0. The Kier molecular flexibility index (Phi) is 3.22. The first-order chi connectivity index (χ1) is 9.65. The van der Waals surface area contributed by atoms with Crippen molar-refractivity contribution in [2.45, 2.75) is 19.9 Å². The van der Waals surface area contributed by atoms with Gasteiger partial charge in [-0.25, -0.2) is 4.39 Å². The second-order valence-corrected chi connectivity index (χ2v) is 5.07. The third-order valence-corrected chi connectivity index (χ3v) is 3.61. The second kappa shape index (κ2) is 5.04. The van der Waals surface area contributed by atoms with E-state index in [1.165, 1.54) is 6.07 Å². The van der Waals surface area contributed by atoms with Gasteiger partial charge >= 0.3 is 0 Å². The minimum absolute atomic E-state index is 0.142. The lowest BCUT2D eigenvalue weighted by Gasteiger charge is -2.28. The van der Waals surface area contributed by atoms with Crippen LogP contribution in [0.4, 0.5) is 4.39 Å². The molecule has 3 nitrogen and oxygen atoms in total. The summed E-state index contributed by atoms with van der Waals surface area (Å²) in [6.45, 7) is 2.88. The van der Waals surface area contributed by atoms with E-state index in [9.17, 15) is 9.18 Å². The molecule has 0 spiro atoms. The number of benzene rings is 1. The Morgan fingerprint density at radius 2 is 2.20 bits per heavy atom. The molecule has 0 unspecified atom stereocenters.